The summed E-state index contributed by atoms with van der Waals surface area (Å²) in [5.74, 6) is 0. The van der Waals surface area contributed by atoms with Crippen molar-refractivity contribution < 1.29 is 4.74 Å². The molecule has 0 bridgehead atoms. The molecule has 0 aliphatic heterocycles. The zero-order valence-corrected chi connectivity index (χ0v) is 8.80. The summed E-state index contributed by atoms with van der Waals surface area (Å²) >= 11 is 0. The Morgan fingerprint density at radius 2 is 1.67 bits per heavy atom. The first-order valence-corrected chi connectivity index (χ1v) is 5.42. The molecule has 1 saturated carbocycles. The molecule has 1 aromatic rings. The second kappa shape index (κ2) is 4.75. The van der Waals surface area contributed by atoms with E-state index >= 15 is 0 Å². The SMILES string of the molecule is N[C@@H]1CC(OCc2ccccc2)C[C@@H]1N. The second-order valence-corrected chi connectivity index (χ2v) is 4.22. The molecule has 3 nitrogen and oxygen atoms in total. The molecule has 0 heterocycles. The zero-order chi connectivity index (χ0) is 10.7. The molecule has 2 rings (SSSR count). The number of hydrogen-bond acceptors (Lipinski definition) is 3. The Kier molecular flexibility index (Phi) is 3.36. The van der Waals surface area contributed by atoms with Crippen LogP contribution in [0.4, 0.5) is 0 Å². The molecular weight excluding hydrogens is 188 g/mol. The first kappa shape index (κ1) is 10.6. The van der Waals surface area contributed by atoms with Crippen molar-refractivity contribution >= 4 is 0 Å². The van der Waals surface area contributed by atoms with Gasteiger partial charge < -0.3 is 16.2 Å². The summed E-state index contributed by atoms with van der Waals surface area (Å²) in [5.41, 5.74) is 12.9. The van der Waals surface area contributed by atoms with E-state index in [4.69, 9.17) is 16.2 Å². The molecule has 4 N–H and O–H groups in total. The predicted molar refractivity (Wildman–Crippen MR) is 60.2 cm³/mol. The van der Waals surface area contributed by atoms with Crippen LogP contribution < -0.4 is 11.5 Å². The van der Waals surface area contributed by atoms with Crippen molar-refractivity contribution in [2.24, 2.45) is 11.5 Å². The molecule has 82 valence electrons. The van der Waals surface area contributed by atoms with Gasteiger partial charge in [0.2, 0.25) is 0 Å². The third-order valence-electron chi connectivity index (χ3n) is 2.95. The summed E-state index contributed by atoms with van der Waals surface area (Å²) in [6.07, 6.45) is 2.00. The number of benzene rings is 1. The summed E-state index contributed by atoms with van der Waals surface area (Å²) in [7, 11) is 0. The van der Waals surface area contributed by atoms with Gasteiger partial charge >= 0.3 is 0 Å². The lowest BCUT2D eigenvalue weighted by molar-refractivity contribution is 0.0441. The van der Waals surface area contributed by atoms with Gasteiger partial charge in [0.1, 0.15) is 0 Å². The van der Waals surface area contributed by atoms with Gasteiger partial charge in [-0.1, -0.05) is 30.3 Å². The fraction of sp³-hybridized carbons (Fsp3) is 0.500. The first-order chi connectivity index (χ1) is 7.25. The van der Waals surface area contributed by atoms with Crippen LogP contribution in [-0.2, 0) is 11.3 Å². The third kappa shape index (κ3) is 2.78. The maximum atomic E-state index is 5.83. The third-order valence-corrected chi connectivity index (χ3v) is 2.95. The van der Waals surface area contributed by atoms with E-state index in [-0.39, 0.29) is 18.2 Å². The fourth-order valence-corrected chi connectivity index (χ4v) is 1.98. The Morgan fingerprint density at radius 1 is 1.07 bits per heavy atom. The Morgan fingerprint density at radius 3 is 2.27 bits per heavy atom. The van der Waals surface area contributed by atoms with Crippen LogP contribution in [-0.4, -0.2) is 18.2 Å². The maximum Gasteiger partial charge on any atom is 0.0720 e. The van der Waals surface area contributed by atoms with Crippen molar-refractivity contribution in [2.45, 2.75) is 37.6 Å². The van der Waals surface area contributed by atoms with Crippen LogP contribution in [0.2, 0.25) is 0 Å². The van der Waals surface area contributed by atoms with Gasteiger partial charge in [-0.05, 0) is 18.4 Å². The predicted octanol–water partition coefficient (Wildman–Crippen LogP) is 1.02. The highest BCUT2D eigenvalue weighted by Crippen LogP contribution is 2.20. The molecule has 0 amide bonds. The Hall–Kier alpha value is -0.900. The first-order valence-electron chi connectivity index (χ1n) is 5.42. The van der Waals surface area contributed by atoms with Crippen LogP contribution in [0, 0.1) is 0 Å². The average Bonchev–Trinajstić information content (AvgIpc) is 2.57. The van der Waals surface area contributed by atoms with Gasteiger partial charge in [-0.15, -0.1) is 0 Å². The molecule has 3 atom stereocenters. The van der Waals surface area contributed by atoms with Crippen LogP contribution in [0.25, 0.3) is 0 Å². The fourth-order valence-electron chi connectivity index (χ4n) is 1.98. The van der Waals surface area contributed by atoms with Crippen LogP contribution in [0.5, 0.6) is 0 Å². The van der Waals surface area contributed by atoms with E-state index in [0.717, 1.165) is 12.8 Å². The van der Waals surface area contributed by atoms with Gasteiger partial charge in [0.15, 0.2) is 0 Å². The van der Waals surface area contributed by atoms with Gasteiger partial charge in [0.05, 0.1) is 12.7 Å². The molecule has 1 aromatic carbocycles. The molecule has 1 fully saturated rings. The molecule has 0 spiro atoms. The van der Waals surface area contributed by atoms with Gasteiger partial charge in [0.25, 0.3) is 0 Å². The number of nitrogens with two attached hydrogens (primary N) is 2. The van der Waals surface area contributed by atoms with Gasteiger partial charge in [-0.25, -0.2) is 0 Å². The number of rotatable bonds is 3. The van der Waals surface area contributed by atoms with Crippen molar-refractivity contribution in [3.05, 3.63) is 35.9 Å². The van der Waals surface area contributed by atoms with E-state index in [1.54, 1.807) is 0 Å². The molecule has 1 aliphatic carbocycles. The Balaban J connectivity index is 1.80. The van der Waals surface area contributed by atoms with Crippen LogP contribution in [0.15, 0.2) is 30.3 Å². The van der Waals surface area contributed by atoms with Crippen LogP contribution in [0.3, 0.4) is 0 Å². The van der Waals surface area contributed by atoms with Crippen molar-refractivity contribution in [1.29, 1.82) is 0 Å². The average molecular weight is 206 g/mol. The Labute approximate surface area is 90.4 Å². The van der Waals surface area contributed by atoms with E-state index in [0.29, 0.717) is 6.61 Å². The molecule has 1 aliphatic rings. The zero-order valence-electron chi connectivity index (χ0n) is 8.80. The summed E-state index contributed by atoms with van der Waals surface area (Å²) in [4.78, 5) is 0. The van der Waals surface area contributed by atoms with Crippen molar-refractivity contribution in [2.75, 3.05) is 0 Å². The summed E-state index contributed by atoms with van der Waals surface area (Å²) in [5, 5.41) is 0. The minimum atomic E-state index is 0.103. The summed E-state index contributed by atoms with van der Waals surface area (Å²) < 4.78 is 5.77. The van der Waals surface area contributed by atoms with E-state index in [1.807, 2.05) is 18.2 Å². The van der Waals surface area contributed by atoms with E-state index in [1.165, 1.54) is 5.56 Å². The monoisotopic (exact) mass is 206 g/mol. The lowest BCUT2D eigenvalue weighted by atomic mass is 10.2. The molecular formula is C12H18N2O. The van der Waals surface area contributed by atoms with Gasteiger partial charge in [-0.3, -0.25) is 0 Å². The smallest absolute Gasteiger partial charge is 0.0720 e. The standard InChI is InChI=1S/C12H18N2O/c13-11-6-10(7-12(11)14)15-8-9-4-2-1-3-5-9/h1-5,10-12H,6-8,13-14H2/t10?,11-,12+. The van der Waals surface area contributed by atoms with E-state index in [2.05, 4.69) is 12.1 Å². The highest BCUT2D eigenvalue weighted by molar-refractivity contribution is 5.13. The summed E-state index contributed by atoms with van der Waals surface area (Å²) in [6, 6.07) is 10.4. The number of hydrogen-bond donors (Lipinski definition) is 2. The Bertz CT molecular complexity index is 292. The molecule has 1 unspecified atom stereocenters. The largest absolute Gasteiger partial charge is 0.373 e. The number of ether oxygens (including phenoxy) is 1. The van der Waals surface area contributed by atoms with Crippen LogP contribution >= 0.6 is 0 Å². The normalized spacial score (nSPS) is 30.7. The molecule has 3 heteroatoms. The van der Waals surface area contributed by atoms with Crippen molar-refractivity contribution in [3.63, 3.8) is 0 Å². The lowest BCUT2D eigenvalue weighted by Gasteiger charge is -2.11. The second-order valence-electron chi connectivity index (χ2n) is 4.22. The van der Waals surface area contributed by atoms with E-state index in [9.17, 15) is 0 Å². The molecule has 0 radical (unpaired) electrons. The van der Waals surface area contributed by atoms with Gasteiger partial charge in [0, 0.05) is 12.1 Å². The quantitative estimate of drug-likeness (QED) is 0.776. The van der Waals surface area contributed by atoms with Gasteiger partial charge in [-0.2, -0.15) is 0 Å². The van der Waals surface area contributed by atoms with E-state index < -0.39 is 0 Å². The topological polar surface area (TPSA) is 61.3 Å². The highest BCUT2D eigenvalue weighted by Gasteiger charge is 2.29. The lowest BCUT2D eigenvalue weighted by Crippen LogP contribution is -2.35. The minimum absolute atomic E-state index is 0.103. The van der Waals surface area contributed by atoms with Crippen molar-refractivity contribution in [3.8, 4) is 0 Å². The van der Waals surface area contributed by atoms with Crippen molar-refractivity contribution in [1.82, 2.24) is 0 Å². The minimum Gasteiger partial charge on any atom is -0.373 e. The maximum absolute atomic E-state index is 5.83. The highest BCUT2D eigenvalue weighted by atomic mass is 16.5. The molecule has 0 aromatic heterocycles. The van der Waals surface area contributed by atoms with Crippen LogP contribution in [0.1, 0.15) is 18.4 Å². The summed E-state index contributed by atoms with van der Waals surface area (Å²) in [6.45, 7) is 0.658. The molecule has 0 saturated heterocycles. The molecule has 15 heavy (non-hydrogen) atoms.